The molecule has 0 aromatic carbocycles. The Hall–Kier alpha value is -1.30. The summed E-state index contributed by atoms with van der Waals surface area (Å²) in [6, 6.07) is 0. The van der Waals surface area contributed by atoms with Crippen molar-refractivity contribution in [3.63, 3.8) is 0 Å². The number of hydrogen-bond acceptors (Lipinski definition) is 5. The zero-order valence-electron chi connectivity index (χ0n) is 12.0. The van der Waals surface area contributed by atoms with E-state index in [1.807, 2.05) is 19.0 Å². The molecule has 1 amide bonds. The van der Waals surface area contributed by atoms with Crippen molar-refractivity contribution in [2.45, 2.75) is 26.7 Å². The summed E-state index contributed by atoms with van der Waals surface area (Å²) in [6.45, 7) is 5.16. The van der Waals surface area contributed by atoms with Crippen molar-refractivity contribution in [3.8, 4) is 0 Å². The maximum atomic E-state index is 12.2. The Morgan fingerprint density at radius 1 is 1.53 bits per heavy atom. The van der Waals surface area contributed by atoms with Gasteiger partial charge >= 0.3 is 0 Å². The minimum atomic E-state index is -0.102. The zero-order valence-corrected chi connectivity index (χ0v) is 12.8. The molecule has 0 atom stereocenters. The Balaban J connectivity index is 2.00. The Labute approximate surface area is 118 Å². The first kappa shape index (κ1) is 14.1. The van der Waals surface area contributed by atoms with Gasteiger partial charge in [-0.05, 0) is 24.2 Å². The van der Waals surface area contributed by atoms with Gasteiger partial charge in [-0.15, -0.1) is 0 Å². The summed E-state index contributed by atoms with van der Waals surface area (Å²) in [7, 11) is 3.77. The van der Waals surface area contributed by atoms with Gasteiger partial charge in [-0.3, -0.25) is 4.79 Å². The molecule has 5 nitrogen and oxygen atoms in total. The van der Waals surface area contributed by atoms with E-state index in [9.17, 15) is 4.79 Å². The Morgan fingerprint density at radius 3 is 2.58 bits per heavy atom. The second-order valence-electron chi connectivity index (χ2n) is 5.80. The van der Waals surface area contributed by atoms with E-state index in [1.165, 1.54) is 24.2 Å². The highest BCUT2D eigenvalue weighted by Gasteiger charge is 2.45. The van der Waals surface area contributed by atoms with Gasteiger partial charge in [-0.1, -0.05) is 25.2 Å². The molecule has 19 heavy (non-hydrogen) atoms. The van der Waals surface area contributed by atoms with Crippen LogP contribution in [0.25, 0.3) is 0 Å². The van der Waals surface area contributed by atoms with E-state index in [4.69, 9.17) is 5.73 Å². The molecule has 0 saturated heterocycles. The Bertz CT molecular complexity index is 477. The van der Waals surface area contributed by atoms with E-state index < -0.39 is 0 Å². The smallest absolute Gasteiger partial charge is 0.265 e. The average Bonchev–Trinajstić information content (AvgIpc) is 3.03. The van der Waals surface area contributed by atoms with Gasteiger partial charge in [0.15, 0.2) is 5.13 Å². The van der Waals surface area contributed by atoms with Crippen LogP contribution in [0.4, 0.5) is 10.9 Å². The summed E-state index contributed by atoms with van der Waals surface area (Å²) in [5.41, 5.74) is 6.11. The van der Waals surface area contributed by atoms with Crippen LogP contribution in [0.2, 0.25) is 0 Å². The zero-order chi connectivity index (χ0) is 14.2. The number of aromatic nitrogens is 1. The van der Waals surface area contributed by atoms with Crippen molar-refractivity contribution < 1.29 is 4.79 Å². The van der Waals surface area contributed by atoms with Crippen molar-refractivity contribution >= 4 is 28.2 Å². The van der Waals surface area contributed by atoms with E-state index in [0.717, 1.165) is 11.7 Å². The fourth-order valence-corrected chi connectivity index (χ4v) is 2.95. The number of carbonyl (C=O) groups excluding carboxylic acids is 1. The number of anilines is 2. The normalized spacial score (nSPS) is 16.5. The molecule has 0 spiro atoms. The monoisotopic (exact) mass is 282 g/mol. The van der Waals surface area contributed by atoms with Crippen LogP contribution in [0.1, 0.15) is 36.4 Å². The number of thiazole rings is 1. The lowest BCUT2D eigenvalue weighted by atomic mass is 9.92. The fourth-order valence-electron chi connectivity index (χ4n) is 2.13. The molecule has 1 fully saturated rings. The first-order valence-corrected chi connectivity index (χ1v) is 7.39. The van der Waals surface area contributed by atoms with Crippen molar-refractivity contribution in [2.24, 2.45) is 11.3 Å². The molecule has 6 heteroatoms. The molecular weight excluding hydrogens is 260 g/mol. The second-order valence-corrected chi connectivity index (χ2v) is 6.78. The molecule has 1 aromatic rings. The van der Waals surface area contributed by atoms with Gasteiger partial charge in [0.25, 0.3) is 5.91 Å². The molecule has 0 unspecified atom stereocenters. The molecule has 2 rings (SSSR count). The maximum absolute atomic E-state index is 12.2. The molecule has 1 saturated carbocycles. The van der Waals surface area contributed by atoms with E-state index >= 15 is 0 Å². The van der Waals surface area contributed by atoms with Gasteiger partial charge in [0.2, 0.25) is 0 Å². The van der Waals surface area contributed by atoms with Crippen molar-refractivity contribution in [3.05, 3.63) is 4.88 Å². The van der Waals surface area contributed by atoms with Gasteiger partial charge < -0.3 is 16.0 Å². The molecule has 106 valence electrons. The minimum Gasteiger partial charge on any atom is -0.382 e. The third kappa shape index (κ3) is 2.83. The van der Waals surface area contributed by atoms with E-state index in [-0.39, 0.29) is 5.91 Å². The Morgan fingerprint density at radius 2 is 2.16 bits per heavy atom. The van der Waals surface area contributed by atoms with E-state index in [2.05, 4.69) is 24.1 Å². The number of nitrogen functional groups attached to an aromatic ring is 1. The SMILES string of the molecule is CC(C)C1(CNC(=O)c2sc(N(C)C)nc2N)CC1. The van der Waals surface area contributed by atoms with Gasteiger partial charge in [-0.2, -0.15) is 0 Å². The number of amides is 1. The summed E-state index contributed by atoms with van der Waals surface area (Å²) in [4.78, 5) is 18.7. The third-order valence-electron chi connectivity index (χ3n) is 3.95. The van der Waals surface area contributed by atoms with E-state index in [1.54, 1.807) is 0 Å². The number of carbonyl (C=O) groups is 1. The molecule has 1 aliphatic carbocycles. The van der Waals surface area contributed by atoms with Gasteiger partial charge in [-0.25, -0.2) is 4.98 Å². The van der Waals surface area contributed by atoms with Crippen LogP contribution >= 0.6 is 11.3 Å². The van der Waals surface area contributed by atoms with Crippen molar-refractivity contribution in [1.29, 1.82) is 0 Å². The predicted molar refractivity (Wildman–Crippen MR) is 79.7 cm³/mol. The number of hydrogen-bond donors (Lipinski definition) is 2. The summed E-state index contributed by atoms with van der Waals surface area (Å²) < 4.78 is 0. The molecule has 3 N–H and O–H groups in total. The summed E-state index contributed by atoms with van der Waals surface area (Å²) >= 11 is 1.33. The fraction of sp³-hybridized carbons (Fsp3) is 0.692. The van der Waals surface area contributed by atoms with Crippen LogP contribution < -0.4 is 16.0 Å². The van der Waals surface area contributed by atoms with Crippen LogP contribution in [0.3, 0.4) is 0 Å². The largest absolute Gasteiger partial charge is 0.382 e. The van der Waals surface area contributed by atoms with E-state index in [0.29, 0.717) is 22.0 Å². The first-order chi connectivity index (χ1) is 8.85. The first-order valence-electron chi connectivity index (χ1n) is 6.57. The lowest BCUT2D eigenvalue weighted by Crippen LogP contribution is -2.32. The van der Waals surface area contributed by atoms with Crippen LogP contribution in [-0.4, -0.2) is 31.5 Å². The third-order valence-corrected chi connectivity index (χ3v) is 5.19. The molecule has 0 bridgehead atoms. The summed E-state index contributed by atoms with van der Waals surface area (Å²) in [5, 5.41) is 3.77. The van der Waals surface area contributed by atoms with Gasteiger partial charge in [0.1, 0.15) is 10.7 Å². The van der Waals surface area contributed by atoms with Crippen molar-refractivity contribution in [2.75, 3.05) is 31.3 Å². The number of nitrogens with zero attached hydrogens (tertiary/aromatic N) is 2. The van der Waals surface area contributed by atoms with Crippen LogP contribution in [0.5, 0.6) is 0 Å². The molecule has 1 aliphatic rings. The highest BCUT2D eigenvalue weighted by Crippen LogP contribution is 2.51. The standard InChI is InChI=1S/C13H22N4OS/c1-8(2)13(5-6-13)7-15-11(18)9-10(14)16-12(19-9)17(3)4/h8H,5-7,14H2,1-4H3,(H,15,18). The molecule has 0 aliphatic heterocycles. The quantitative estimate of drug-likeness (QED) is 0.866. The highest BCUT2D eigenvalue weighted by molar-refractivity contribution is 7.18. The van der Waals surface area contributed by atoms with Crippen LogP contribution in [0, 0.1) is 11.3 Å². The lowest BCUT2D eigenvalue weighted by Gasteiger charge is -2.19. The van der Waals surface area contributed by atoms with Gasteiger partial charge in [0, 0.05) is 20.6 Å². The molecule has 1 heterocycles. The molecular formula is C13H22N4OS. The summed E-state index contributed by atoms with van der Waals surface area (Å²) in [6.07, 6.45) is 2.40. The van der Waals surface area contributed by atoms with Gasteiger partial charge in [0.05, 0.1) is 0 Å². The molecule has 1 aromatic heterocycles. The number of rotatable bonds is 5. The Kier molecular flexibility index (Phi) is 3.71. The molecule has 0 radical (unpaired) electrons. The maximum Gasteiger partial charge on any atom is 0.265 e. The topological polar surface area (TPSA) is 71.2 Å². The van der Waals surface area contributed by atoms with Crippen LogP contribution in [-0.2, 0) is 0 Å². The lowest BCUT2D eigenvalue weighted by molar-refractivity contribution is 0.0944. The highest BCUT2D eigenvalue weighted by atomic mass is 32.1. The second kappa shape index (κ2) is 5.00. The minimum absolute atomic E-state index is 0.102. The summed E-state index contributed by atoms with van der Waals surface area (Å²) in [5.74, 6) is 0.819. The average molecular weight is 282 g/mol. The van der Waals surface area contributed by atoms with Crippen molar-refractivity contribution in [1.82, 2.24) is 10.3 Å². The predicted octanol–water partition coefficient (Wildman–Crippen LogP) is 1.96. The number of nitrogens with two attached hydrogens (primary N) is 1. The van der Waals surface area contributed by atoms with Crippen LogP contribution in [0.15, 0.2) is 0 Å². The number of nitrogens with one attached hydrogen (secondary N) is 1.